The smallest absolute Gasteiger partial charge is 0.300 e. The molecule has 2 rings (SSSR count). The Kier molecular flexibility index (Phi) is 3.81. The zero-order valence-corrected chi connectivity index (χ0v) is 10.6. The number of nitrogens with zero attached hydrogens (tertiary/aromatic N) is 1. The SMILES string of the molecule is O=c1[nH]c(=O)n(CCCCl)cc1-c1cccs1. The number of alkyl halides is 1. The minimum atomic E-state index is -0.388. The standard InChI is InChI=1S/C11H11ClN2O2S/c12-4-2-5-14-7-8(9-3-1-6-17-9)10(15)13-11(14)16/h1,3,6-7H,2,4-5H2,(H,13,15,16). The largest absolute Gasteiger partial charge is 0.328 e. The summed E-state index contributed by atoms with van der Waals surface area (Å²) in [4.78, 5) is 26.4. The van der Waals surface area contributed by atoms with Crippen molar-refractivity contribution in [1.82, 2.24) is 9.55 Å². The molecular formula is C11H11ClN2O2S. The van der Waals surface area contributed by atoms with Crippen LogP contribution in [0.15, 0.2) is 33.3 Å². The highest BCUT2D eigenvalue weighted by atomic mass is 35.5. The molecule has 2 aromatic rings. The van der Waals surface area contributed by atoms with Crippen molar-refractivity contribution < 1.29 is 0 Å². The Morgan fingerprint density at radius 2 is 2.24 bits per heavy atom. The lowest BCUT2D eigenvalue weighted by molar-refractivity contribution is 0.636. The number of hydrogen-bond acceptors (Lipinski definition) is 3. The quantitative estimate of drug-likeness (QED) is 0.863. The number of H-pyrrole nitrogens is 1. The average Bonchev–Trinajstić information content (AvgIpc) is 2.81. The van der Waals surface area contributed by atoms with Crippen molar-refractivity contribution in [2.24, 2.45) is 0 Å². The third kappa shape index (κ3) is 2.68. The van der Waals surface area contributed by atoms with Gasteiger partial charge in [-0.15, -0.1) is 22.9 Å². The highest BCUT2D eigenvalue weighted by molar-refractivity contribution is 7.13. The zero-order valence-electron chi connectivity index (χ0n) is 8.98. The second-order valence-electron chi connectivity index (χ2n) is 3.52. The van der Waals surface area contributed by atoms with Crippen LogP contribution in [-0.4, -0.2) is 15.4 Å². The van der Waals surface area contributed by atoms with Gasteiger partial charge in [-0.05, 0) is 17.9 Å². The molecule has 4 nitrogen and oxygen atoms in total. The Morgan fingerprint density at radius 3 is 2.88 bits per heavy atom. The Labute approximate surface area is 106 Å². The van der Waals surface area contributed by atoms with Crippen LogP contribution < -0.4 is 11.2 Å². The van der Waals surface area contributed by atoms with Gasteiger partial charge >= 0.3 is 5.69 Å². The second-order valence-corrected chi connectivity index (χ2v) is 4.84. The monoisotopic (exact) mass is 270 g/mol. The number of hydrogen-bond donors (Lipinski definition) is 1. The van der Waals surface area contributed by atoms with Crippen molar-refractivity contribution in [3.05, 3.63) is 44.5 Å². The second kappa shape index (κ2) is 5.33. The highest BCUT2D eigenvalue weighted by Gasteiger charge is 2.07. The molecule has 0 amide bonds. The van der Waals surface area contributed by atoms with Crippen LogP contribution >= 0.6 is 22.9 Å². The third-order valence-corrected chi connectivity index (χ3v) is 3.50. The van der Waals surface area contributed by atoms with Crippen molar-refractivity contribution in [3.63, 3.8) is 0 Å². The van der Waals surface area contributed by atoms with E-state index in [1.807, 2.05) is 17.5 Å². The molecule has 2 aromatic heterocycles. The number of halogens is 1. The third-order valence-electron chi connectivity index (χ3n) is 2.33. The summed E-state index contributed by atoms with van der Waals surface area (Å²) in [5.41, 5.74) is -0.214. The van der Waals surface area contributed by atoms with Gasteiger partial charge < -0.3 is 0 Å². The molecule has 17 heavy (non-hydrogen) atoms. The molecule has 0 aliphatic rings. The van der Waals surface area contributed by atoms with Crippen molar-refractivity contribution in [2.45, 2.75) is 13.0 Å². The van der Waals surface area contributed by atoms with E-state index in [0.29, 0.717) is 24.4 Å². The van der Waals surface area contributed by atoms with Gasteiger partial charge in [0.25, 0.3) is 5.56 Å². The molecule has 0 aliphatic carbocycles. The van der Waals surface area contributed by atoms with Gasteiger partial charge in [-0.1, -0.05) is 6.07 Å². The fourth-order valence-electron chi connectivity index (χ4n) is 1.51. The molecule has 0 aliphatic heterocycles. The summed E-state index contributed by atoms with van der Waals surface area (Å²) in [6, 6.07) is 3.72. The van der Waals surface area contributed by atoms with E-state index in [-0.39, 0.29) is 11.2 Å². The van der Waals surface area contributed by atoms with Gasteiger partial charge in [-0.2, -0.15) is 0 Å². The number of aromatic nitrogens is 2. The van der Waals surface area contributed by atoms with Gasteiger partial charge in [-0.3, -0.25) is 14.3 Å². The van der Waals surface area contributed by atoms with Crippen LogP contribution in [-0.2, 0) is 6.54 Å². The van der Waals surface area contributed by atoms with E-state index in [0.717, 1.165) is 4.88 Å². The van der Waals surface area contributed by atoms with E-state index in [9.17, 15) is 9.59 Å². The Hall–Kier alpha value is -1.33. The molecule has 2 heterocycles. The van der Waals surface area contributed by atoms with Crippen LogP contribution in [0, 0.1) is 0 Å². The summed E-state index contributed by atoms with van der Waals surface area (Å²) in [6.45, 7) is 0.511. The lowest BCUT2D eigenvalue weighted by Crippen LogP contribution is -2.30. The van der Waals surface area contributed by atoms with E-state index in [1.54, 1.807) is 6.20 Å². The molecule has 90 valence electrons. The van der Waals surface area contributed by atoms with Crippen molar-refractivity contribution in [1.29, 1.82) is 0 Å². The minimum absolute atomic E-state index is 0.348. The predicted molar refractivity (Wildman–Crippen MR) is 70.0 cm³/mol. The molecule has 0 radical (unpaired) electrons. The molecule has 0 bridgehead atoms. The van der Waals surface area contributed by atoms with Gasteiger partial charge in [0, 0.05) is 23.5 Å². The number of nitrogens with one attached hydrogen (secondary N) is 1. The summed E-state index contributed by atoms with van der Waals surface area (Å²) >= 11 is 7.06. The normalized spacial score (nSPS) is 10.6. The molecule has 0 saturated heterocycles. The fourth-order valence-corrected chi connectivity index (χ4v) is 2.37. The Bertz CT molecular complexity index is 601. The molecular weight excluding hydrogens is 260 g/mol. The molecule has 0 spiro atoms. The van der Waals surface area contributed by atoms with Crippen molar-refractivity contribution in [2.75, 3.05) is 5.88 Å². The molecule has 0 fully saturated rings. The van der Waals surface area contributed by atoms with Crippen LogP contribution in [0.1, 0.15) is 6.42 Å². The molecule has 6 heteroatoms. The number of aryl methyl sites for hydroxylation is 1. The van der Waals surface area contributed by atoms with Gasteiger partial charge in [-0.25, -0.2) is 4.79 Å². The van der Waals surface area contributed by atoms with Crippen LogP contribution in [0.4, 0.5) is 0 Å². The topological polar surface area (TPSA) is 54.9 Å². The van der Waals surface area contributed by atoms with Gasteiger partial charge in [0.05, 0.1) is 5.56 Å². The van der Waals surface area contributed by atoms with Crippen LogP contribution in [0.25, 0.3) is 10.4 Å². The van der Waals surface area contributed by atoms with Gasteiger partial charge in [0.15, 0.2) is 0 Å². The van der Waals surface area contributed by atoms with Crippen LogP contribution in [0.2, 0.25) is 0 Å². The summed E-state index contributed by atoms with van der Waals surface area (Å²) in [5, 5.41) is 1.89. The average molecular weight is 271 g/mol. The molecule has 0 atom stereocenters. The first-order chi connectivity index (χ1) is 8.22. The number of rotatable bonds is 4. The van der Waals surface area contributed by atoms with Gasteiger partial charge in [0.2, 0.25) is 0 Å². The minimum Gasteiger partial charge on any atom is -0.300 e. The van der Waals surface area contributed by atoms with E-state index in [4.69, 9.17) is 11.6 Å². The Balaban J connectivity index is 2.47. The van der Waals surface area contributed by atoms with Crippen molar-refractivity contribution >= 4 is 22.9 Å². The first kappa shape index (κ1) is 12.1. The molecule has 0 saturated carbocycles. The highest BCUT2D eigenvalue weighted by Crippen LogP contribution is 2.20. The zero-order chi connectivity index (χ0) is 12.3. The van der Waals surface area contributed by atoms with Crippen molar-refractivity contribution in [3.8, 4) is 10.4 Å². The molecule has 0 unspecified atom stereocenters. The van der Waals surface area contributed by atoms with Gasteiger partial charge in [0.1, 0.15) is 0 Å². The number of thiophene rings is 1. The van der Waals surface area contributed by atoms with Crippen LogP contribution in [0.5, 0.6) is 0 Å². The van der Waals surface area contributed by atoms with E-state index in [1.165, 1.54) is 15.9 Å². The van der Waals surface area contributed by atoms with E-state index >= 15 is 0 Å². The lowest BCUT2D eigenvalue weighted by Gasteiger charge is -2.05. The first-order valence-electron chi connectivity index (χ1n) is 5.16. The number of aromatic amines is 1. The fraction of sp³-hybridized carbons (Fsp3) is 0.273. The Morgan fingerprint density at radius 1 is 1.41 bits per heavy atom. The molecule has 1 N–H and O–H groups in total. The van der Waals surface area contributed by atoms with Crippen LogP contribution in [0.3, 0.4) is 0 Å². The van der Waals surface area contributed by atoms with E-state index in [2.05, 4.69) is 4.98 Å². The summed E-state index contributed by atoms with van der Waals surface area (Å²) in [6.07, 6.45) is 2.29. The first-order valence-corrected chi connectivity index (χ1v) is 6.57. The summed E-state index contributed by atoms with van der Waals surface area (Å²) in [7, 11) is 0. The summed E-state index contributed by atoms with van der Waals surface area (Å²) < 4.78 is 1.48. The summed E-state index contributed by atoms with van der Waals surface area (Å²) in [5.74, 6) is 0.486. The predicted octanol–water partition coefficient (Wildman–Crippen LogP) is 1.89. The maximum Gasteiger partial charge on any atom is 0.328 e. The van der Waals surface area contributed by atoms with E-state index < -0.39 is 0 Å². The maximum atomic E-state index is 11.7. The maximum absolute atomic E-state index is 11.7. The molecule has 0 aromatic carbocycles. The lowest BCUT2D eigenvalue weighted by atomic mass is 10.3.